The van der Waals surface area contributed by atoms with Crippen LogP contribution in [0.2, 0.25) is 0 Å². The van der Waals surface area contributed by atoms with Gasteiger partial charge in [0.1, 0.15) is 17.3 Å². The Morgan fingerprint density at radius 2 is 1.35 bits per heavy atom. The number of rotatable bonds is 3. The molecule has 2 aromatic carbocycles. The van der Waals surface area contributed by atoms with E-state index in [1.807, 2.05) is 24.3 Å². The third-order valence-electron chi connectivity index (χ3n) is 2.21. The maximum absolute atomic E-state index is 12.7. The van der Waals surface area contributed by atoms with Gasteiger partial charge < -0.3 is 10.5 Å². The number of halogens is 2. The first-order valence-corrected chi connectivity index (χ1v) is 5.00. The monoisotopic (exact) mass is 253 g/mol. The van der Waals surface area contributed by atoms with Crippen LogP contribution in [0.25, 0.3) is 0 Å². The quantitative estimate of drug-likeness (QED) is 0.909. The lowest BCUT2D eigenvalue weighted by molar-refractivity contribution is 0.480. The topological polar surface area (TPSA) is 35.2 Å². The van der Waals surface area contributed by atoms with Crippen molar-refractivity contribution in [3.8, 4) is 11.5 Å². The molecule has 0 amide bonds. The third-order valence-corrected chi connectivity index (χ3v) is 2.21. The second-order valence-electron chi connectivity index (χ2n) is 3.40. The van der Waals surface area contributed by atoms with Crippen LogP contribution in [-0.2, 0) is 6.54 Å². The largest absolute Gasteiger partial charge is 0.457 e. The highest BCUT2D eigenvalue weighted by Crippen LogP contribution is 2.21. The molecule has 0 aliphatic heterocycles. The Kier molecular flexibility index (Phi) is 4.94. The van der Waals surface area contributed by atoms with E-state index in [9.17, 15) is 4.39 Å². The molecule has 0 radical (unpaired) electrons. The van der Waals surface area contributed by atoms with Crippen LogP contribution in [0.5, 0.6) is 11.5 Å². The summed E-state index contributed by atoms with van der Waals surface area (Å²) in [5.74, 6) is 1.05. The predicted molar refractivity (Wildman–Crippen MR) is 68.1 cm³/mol. The lowest BCUT2D eigenvalue weighted by Gasteiger charge is -2.05. The van der Waals surface area contributed by atoms with E-state index in [1.54, 1.807) is 12.1 Å². The summed E-state index contributed by atoms with van der Waals surface area (Å²) in [6, 6.07) is 13.4. The summed E-state index contributed by atoms with van der Waals surface area (Å²) >= 11 is 0. The summed E-state index contributed by atoms with van der Waals surface area (Å²) in [4.78, 5) is 0. The van der Waals surface area contributed by atoms with Crippen LogP contribution in [0.3, 0.4) is 0 Å². The first-order chi connectivity index (χ1) is 7.78. The van der Waals surface area contributed by atoms with Gasteiger partial charge in [-0.05, 0) is 42.0 Å². The summed E-state index contributed by atoms with van der Waals surface area (Å²) in [5.41, 5.74) is 6.53. The molecule has 4 heteroatoms. The van der Waals surface area contributed by atoms with E-state index in [1.165, 1.54) is 12.1 Å². The Morgan fingerprint density at radius 3 is 1.82 bits per heavy atom. The highest BCUT2D eigenvalue weighted by molar-refractivity contribution is 5.85. The van der Waals surface area contributed by atoms with E-state index in [0.29, 0.717) is 18.0 Å². The SMILES string of the molecule is Cl.NCc1ccc(Oc2ccc(F)cc2)cc1. The van der Waals surface area contributed by atoms with Gasteiger partial charge in [-0.15, -0.1) is 12.4 Å². The van der Waals surface area contributed by atoms with Crippen LogP contribution in [0.1, 0.15) is 5.56 Å². The number of hydrogen-bond acceptors (Lipinski definition) is 2. The maximum atomic E-state index is 12.7. The summed E-state index contributed by atoms with van der Waals surface area (Å²) in [5, 5.41) is 0. The highest BCUT2D eigenvalue weighted by atomic mass is 35.5. The van der Waals surface area contributed by atoms with Gasteiger partial charge in [0.15, 0.2) is 0 Å². The smallest absolute Gasteiger partial charge is 0.127 e. The summed E-state index contributed by atoms with van der Waals surface area (Å²) < 4.78 is 18.2. The third kappa shape index (κ3) is 3.73. The molecule has 0 heterocycles. The summed E-state index contributed by atoms with van der Waals surface area (Å²) in [7, 11) is 0. The first-order valence-electron chi connectivity index (χ1n) is 5.00. The molecule has 90 valence electrons. The molecule has 0 aliphatic rings. The zero-order chi connectivity index (χ0) is 11.4. The van der Waals surface area contributed by atoms with Crippen molar-refractivity contribution in [2.45, 2.75) is 6.54 Å². The van der Waals surface area contributed by atoms with E-state index in [4.69, 9.17) is 10.5 Å². The summed E-state index contributed by atoms with van der Waals surface area (Å²) in [6.45, 7) is 0.511. The fourth-order valence-corrected chi connectivity index (χ4v) is 1.33. The second-order valence-corrected chi connectivity index (χ2v) is 3.40. The van der Waals surface area contributed by atoms with Crippen LogP contribution >= 0.6 is 12.4 Å². The lowest BCUT2D eigenvalue weighted by Crippen LogP contribution is -1.95. The van der Waals surface area contributed by atoms with Gasteiger partial charge in [0, 0.05) is 6.54 Å². The van der Waals surface area contributed by atoms with Crippen molar-refractivity contribution in [1.82, 2.24) is 0 Å². The second kappa shape index (κ2) is 6.23. The minimum atomic E-state index is -0.272. The van der Waals surface area contributed by atoms with Crippen molar-refractivity contribution in [2.75, 3.05) is 0 Å². The van der Waals surface area contributed by atoms with E-state index in [-0.39, 0.29) is 18.2 Å². The molecule has 0 saturated carbocycles. The van der Waals surface area contributed by atoms with Gasteiger partial charge >= 0.3 is 0 Å². The van der Waals surface area contributed by atoms with Crippen LogP contribution in [0.15, 0.2) is 48.5 Å². The number of benzene rings is 2. The molecule has 2 nitrogen and oxygen atoms in total. The van der Waals surface area contributed by atoms with Gasteiger partial charge in [-0.3, -0.25) is 0 Å². The van der Waals surface area contributed by atoms with Crippen molar-refractivity contribution >= 4 is 12.4 Å². The lowest BCUT2D eigenvalue weighted by atomic mass is 10.2. The minimum Gasteiger partial charge on any atom is -0.457 e. The number of hydrogen-bond donors (Lipinski definition) is 1. The van der Waals surface area contributed by atoms with Crippen molar-refractivity contribution < 1.29 is 9.13 Å². The number of nitrogens with two attached hydrogens (primary N) is 1. The molecule has 0 aromatic heterocycles. The normalized spacial score (nSPS) is 9.53. The molecule has 0 atom stereocenters. The van der Waals surface area contributed by atoms with Crippen molar-refractivity contribution in [1.29, 1.82) is 0 Å². The van der Waals surface area contributed by atoms with E-state index < -0.39 is 0 Å². The molecule has 0 aliphatic carbocycles. The van der Waals surface area contributed by atoms with Gasteiger partial charge in [-0.1, -0.05) is 12.1 Å². The Balaban J connectivity index is 0.00000144. The minimum absolute atomic E-state index is 0. The zero-order valence-electron chi connectivity index (χ0n) is 9.10. The highest BCUT2D eigenvalue weighted by Gasteiger charge is 1.97. The van der Waals surface area contributed by atoms with E-state index in [0.717, 1.165) is 5.56 Å². The average Bonchev–Trinajstić information content (AvgIpc) is 2.33. The Hall–Kier alpha value is -1.58. The van der Waals surface area contributed by atoms with Crippen LogP contribution in [0, 0.1) is 5.82 Å². The van der Waals surface area contributed by atoms with Crippen molar-refractivity contribution in [3.05, 3.63) is 59.9 Å². The average molecular weight is 254 g/mol. The molecule has 0 unspecified atom stereocenters. The van der Waals surface area contributed by atoms with Crippen molar-refractivity contribution in [2.24, 2.45) is 5.73 Å². The van der Waals surface area contributed by atoms with Gasteiger partial charge in [0.25, 0.3) is 0 Å². The van der Waals surface area contributed by atoms with E-state index in [2.05, 4.69) is 0 Å². The molecular weight excluding hydrogens is 241 g/mol. The maximum Gasteiger partial charge on any atom is 0.127 e. The van der Waals surface area contributed by atoms with Crippen LogP contribution in [0.4, 0.5) is 4.39 Å². The first kappa shape index (κ1) is 13.5. The van der Waals surface area contributed by atoms with Gasteiger partial charge in [0.2, 0.25) is 0 Å². The molecule has 0 saturated heterocycles. The molecule has 0 bridgehead atoms. The standard InChI is InChI=1S/C13H12FNO.ClH/c14-11-3-7-13(8-4-11)16-12-5-1-10(9-15)2-6-12;/h1-8H,9,15H2;1H. The molecule has 2 rings (SSSR count). The molecule has 0 fully saturated rings. The Morgan fingerprint density at radius 1 is 0.882 bits per heavy atom. The summed E-state index contributed by atoms with van der Waals surface area (Å²) in [6.07, 6.45) is 0. The van der Waals surface area contributed by atoms with Gasteiger partial charge in [0.05, 0.1) is 0 Å². The van der Waals surface area contributed by atoms with Crippen LogP contribution < -0.4 is 10.5 Å². The number of ether oxygens (including phenoxy) is 1. The molecule has 0 spiro atoms. The fourth-order valence-electron chi connectivity index (χ4n) is 1.33. The zero-order valence-corrected chi connectivity index (χ0v) is 9.91. The molecular formula is C13H13ClFNO. The Bertz CT molecular complexity index is 456. The van der Waals surface area contributed by atoms with E-state index >= 15 is 0 Å². The van der Waals surface area contributed by atoms with Crippen LogP contribution in [-0.4, -0.2) is 0 Å². The molecule has 17 heavy (non-hydrogen) atoms. The predicted octanol–water partition coefficient (Wildman–Crippen LogP) is 3.50. The van der Waals surface area contributed by atoms with Gasteiger partial charge in [-0.2, -0.15) is 0 Å². The fraction of sp³-hybridized carbons (Fsp3) is 0.0769. The van der Waals surface area contributed by atoms with Gasteiger partial charge in [-0.25, -0.2) is 4.39 Å². The molecule has 2 N–H and O–H groups in total. The van der Waals surface area contributed by atoms with Crippen molar-refractivity contribution in [3.63, 3.8) is 0 Å². The molecule has 2 aromatic rings. The Labute approximate surface area is 106 Å².